The van der Waals surface area contributed by atoms with Gasteiger partial charge in [-0.15, -0.1) is 0 Å². The van der Waals surface area contributed by atoms with Crippen LogP contribution in [0.5, 0.6) is 0 Å². The number of hydrogen-bond donors (Lipinski definition) is 0. The Morgan fingerprint density at radius 3 is 0.768 bits per heavy atom. The van der Waals surface area contributed by atoms with E-state index < -0.39 is 0 Å². The maximum absolute atomic E-state index is 5.26. The maximum Gasteiger partial charge on any atom is 0.165 e. The van der Waals surface area contributed by atoms with E-state index in [2.05, 4.69) is 171 Å². The van der Waals surface area contributed by atoms with Crippen LogP contribution in [-0.4, -0.2) is 80.6 Å². The highest BCUT2D eigenvalue weighted by Gasteiger charge is 2.52. The van der Waals surface area contributed by atoms with Gasteiger partial charge >= 0.3 is 0 Å². The Morgan fingerprint density at radius 2 is 0.551 bits per heavy atom. The number of rotatable bonds is 9. The second-order valence-corrected chi connectivity index (χ2v) is 21.3. The fraction of sp³-hybridized carbons (Fsp3) is 0.316. The summed E-state index contributed by atoms with van der Waals surface area (Å²) < 4.78 is 0. The molecule has 0 amide bonds. The Labute approximate surface area is 406 Å². The van der Waals surface area contributed by atoms with E-state index in [9.17, 15) is 0 Å². The van der Waals surface area contributed by atoms with Gasteiger partial charge in [-0.25, -0.2) is 15.0 Å². The predicted molar refractivity (Wildman–Crippen MR) is 280 cm³/mol. The number of para-hydroxylation sites is 3. The van der Waals surface area contributed by atoms with Crippen LogP contribution in [0.4, 0.5) is 17.1 Å². The van der Waals surface area contributed by atoms with Gasteiger partial charge in [0.1, 0.15) is 17.1 Å². The van der Waals surface area contributed by atoms with Crippen molar-refractivity contribution < 1.29 is 0 Å². The number of benzene rings is 3. The SMILES string of the molecule is CC1(C)N=C(c2ccc(-c3nc(-c4ccc(C5=NC(C)(C)C(C)(C)N5c5ccccc5)nc4)nc(-c4ccc(C5=NC(C)(C)C(C)(C)N5c5ccccc5)nc4)n3)cn2)N(c2ccccc2)C1(C)C. The molecule has 0 saturated heterocycles. The monoisotopic (exact) mass is 913 g/mol. The smallest absolute Gasteiger partial charge is 0.165 e. The molecule has 0 fully saturated rings. The van der Waals surface area contributed by atoms with Crippen LogP contribution in [0.2, 0.25) is 0 Å². The Bertz CT molecular complexity index is 2780. The molecule has 4 aromatic heterocycles. The maximum atomic E-state index is 5.26. The second-order valence-electron chi connectivity index (χ2n) is 21.3. The first-order chi connectivity index (χ1) is 32.7. The number of nitrogens with zero attached hydrogens (tertiary/aromatic N) is 12. The van der Waals surface area contributed by atoms with E-state index in [1.165, 1.54) is 0 Å². The van der Waals surface area contributed by atoms with Crippen molar-refractivity contribution in [1.29, 1.82) is 0 Å². The minimum absolute atomic E-state index is 0.317. The number of amidine groups is 3. The van der Waals surface area contributed by atoms with Crippen molar-refractivity contribution in [2.75, 3.05) is 14.7 Å². The summed E-state index contributed by atoms with van der Waals surface area (Å²) in [7, 11) is 0. The summed E-state index contributed by atoms with van der Waals surface area (Å²) in [5.41, 5.74) is 5.55. The average Bonchev–Trinajstić information content (AvgIpc) is 3.76. The number of pyridine rings is 3. The van der Waals surface area contributed by atoms with Gasteiger partial charge in [0.05, 0.1) is 33.2 Å². The van der Waals surface area contributed by atoms with Gasteiger partial charge in [0.25, 0.3) is 0 Å². The second kappa shape index (κ2) is 16.1. The largest absolute Gasteiger partial charge is 0.317 e. The van der Waals surface area contributed by atoms with Crippen molar-refractivity contribution in [1.82, 2.24) is 29.9 Å². The van der Waals surface area contributed by atoms with Crippen LogP contribution >= 0.6 is 0 Å². The molecular weight excluding hydrogens is 853 g/mol. The highest BCUT2D eigenvalue weighted by Crippen LogP contribution is 2.45. The molecule has 12 heteroatoms. The first-order valence-electron chi connectivity index (χ1n) is 23.7. The molecule has 0 saturated carbocycles. The van der Waals surface area contributed by atoms with Gasteiger partial charge in [0.2, 0.25) is 0 Å². The standard InChI is InChI=1S/C57H60N12/c1-52(2)55(7,8)67(40-22-16-13-17-23-40)49(64-52)43-31-28-37(34-58-43)46-61-47(38-29-32-44(59-35-38)50-65-53(3,4)56(9,10)68(50)41-24-18-14-19-25-41)63-48(62-46)39-30-33-45(60-36-39)51-66-54(5,6)57(11,12)69(51)42-26-20-15-21-27-42/h13-36H,1-12H3. The summed E-state index contributed by atoms with van der Waals surface area (Å²) in [6.45, 7) is 26.4. The lowest BCUT2D eigenvalue weighted by molar-refractivity contribution is 0.338. The molecule has 3 aliphatic heterocycles. The minimum Gasteiger partial charge on any atom is -0.317 e. The molecule has 348 valence electrons. The molecule has 69 heavy (non-hydrogen) atoms. The molecule has 0 N–H and O–H groups in total. The Balaban J connectivity index is 1.05. The number of aromatic nitrogens is 6. The first kappa shape index (κ1) is 45.3. The molecule has 7 heterocycles. The number of anilines is 3. The summed E-state index contributed by atoms with van der Waals surface area (Å²) in [4.78, 5) is 53.1. The van der Waals surface area contributed by atoms with E-state index in [1.54, 1.807) is 0 Å². The van der Waals surface area contributed by atoms with Crippen molar-refractivity contribution in [2.45, 2.75) is 116 Å². The zero-order valence-electron chi connectivity index (χ0n) is 41.7. The molecule has 7 aromatic rings. The van der Waals surface area contributed by atoms with Crippen LogP contribution in [0.1, 0.15) is 100 Å². The molecule has 0 spiro atoms. The van der Waals surface area contributed by atoms with Crippen LogP contribution in [0.25, 0.3) is 34.2 Å². The molecule has 0 unspecified atom stereocenters. The minimum atomic E-state index is -0.378. The van der Waals surface area contributed by atoms with Gasteiger partial charge in [0, 0.05) is 52.3 Å². The molecule has 0 aliphatic carbocycles. The molecule has 10 rings (SSSR count). The van der Waals surface area contributed by atoms with Crippen molar-refractivity contribution in [2.24, 2.45) is 15.0 Å². The van der Waals surface area contributed by atoms with Crippen LogP contribution in [0.15, 0.2) is 161 Å². The third kappa shape index (κ3) is 7.48. The lowest BCUT2D eigenvalue weighted by Gasteiger charge is -2.41. The fourth-order valence-corrected chi connectivity index (χ4v) is 9.29. The van der Waals surface area contributed by atoms with Gasteiger partial charge in [-0.1, -0.05) is 54.6 Å². The van der Waals surface area contributed by atoms with Crippen molar-refractivity contribution >= 4 is 34.6 Å². The van der Waals surface area contributed by atoms with Crippen molar-refractivity contribution in [3.63, 3.8) is 0 Å². The molecule has 0 atom stereocenters. The van der Waals surface area contributed by atoms with Gasteiger partial charge in [-0.05, 0) is 156 Å². The highest BCUT2D eigenvalue weighted by molar-refractivity contribution is 6.13. The lowest BCUT2D eigenvalue weighted by Crippen LogP contribution is -2.53. The summed E-state index contributed by atoms with van der Waals surface area (Å²) >= 11 is 0. The first-order valence-corrected chi connectivity index (χ1v) is 23.7. The topological polar surface area (TPSA) is 124 Å². The molecule has 3 aromatic carbocycles. The zero-order valence-corrected chi connectivity index (χ0v) is 41.7. The Kier molecular flexibility index (Phi) is 10.6. The zero-order chi connectivity index (χ0) is 48.7. The fourth-order valence-electron chi connectivity index (χ4n) is 9.29. The Morgan fingerprint density at radius 1 is 0.304 bits per heavy atom. The average molecular weight is 913 g/mol. The van der Waals surface area contributed by atoms with E-state index in [0.29, 0.717) is 17.5 Å². The number of hydrogen-bond acceptors (Lipinski definition) is 12. The summed E-state index contributed by atoms with van der Waals surface area (Å²) in [6, 6.07) is 43.2. The molecule has 0 bridgehead atoms. The number of aliphatic imine (C=N–C) groups is 3. The van der Waals surface area contributed by atoms with Crippen LogP contribution in [-0.2, 0) is 0 Å². The molecule has 3 aliphatic rings. The predicted octanol–water partition coefficient (Wildman–Crippen LogP) is 11.5. The van der Waals surface area contributed by atoms with Gasteiger partial charge in [-0.2, -0.15) is 0 Å². The summed E-state index contributed by atoms with van der Waals surface area (Å²) in [5.74, 6) is 3.83. The van der Waals surface area contributed by atoms with Crippen LogP contribution in [0.3, 0.4) is 0 Å². The quantitative estimate of drug-likeness (QED) is 0.139. The van der Waals surface area contributed by atoms with E-state index in [0.717, 1.165) is 68.3 Å². The van der Waals surface area contributed by atoms with Crippen molar-refractivity contribution in [3.8, 4) is 34.2 Å². The van der Waals surface area contributed by atoms with Gasteiger partial charge in [-0.3, -0.25) is 29.9 Å². The molecular formula is C57H60N12. The summed E-state index contributed by atoms with van der Waals surface area (Å²) in [6.07, 6.45) is 5.47. The molecule has 0 radical (unpaired) electrons. The van der Waals surface area contributed by atoms with E-state index in [-0.39, 0.29) is 33.2 Å². The third-order valence-corrected chi connectivity index (χ3v) is 15.4. The highest BCUT2D eigenvalue weighted by atomic mass is 15.4. The summed E-state index contributed by atoms with van der Waals surface area (Å²) in [5, 5.41) is 0. The van der Waals surface area contributed by atoms with E-state index in [1.807, 2.05) is 73.2 Å². The van der Waals surface area contributed by atoms with Crippen molar-refractivity contribution in [3.05, 3.63) is 163 Å². The molecule has 12 nitrogen and oxygen atoms in total. The Hall–Kier alpha value is -7.47. The van der Waals surface area contributed by atoms with Gasteiger partial charge < -0.3 is 14.7 Å². The lowest BCUT2D eigenvalue weighted by atomic mass is 9.83. The van der Waals surface area contributed by atoms with Crippen LogP contribution < -0.4 is 14.7 Å². The van der Waals surface area contributed by atoms with Gasteiger partial charge in [0.15, 0.2) is 35.0 Å². The third-order valence-electron chi connectivity index (χ3n) is 15.4. The van der Waals surface area contributed by atoms with E-state index in [4.69, 9.17) is 44.9 Å². The van der Waals surface area contributed by atoms with E-state index >= 15 is 0 Å². The van der Waals surface area contributed by atoms with Crippen LogP contribution in [0, 0.1) is 0 Å². The normalized spacial score (nSPS) is 19.3.